The highest BCUT2D eigenvalue weighted by molar-refractivity contribution is 8.04. The van der Waals surface area contributed by atoms with Gasteiger partial charge in [0.1, 0.15) is 0 Å². The Bertz CT molecular complexity index is 146. The molecule has 10 heavy (non-hydrogen) atoms. The highest BCUT2D eigenvalue weighted by Crippen LogP contribution is 2.26. The van der Waals surface area contributed by atoms with E-state index in [-0.39, 0.29) is 0 Å². The first-order valence-corrected chi connectivity index (χ1v) is 3.09. The third kappa shape index (κ3) is 2.49. The molecule has 0 unspecified atom stereocenters. The fraction of sp³-hybridized carbons (Fsp3) is 0.250. The zero-order valence-electron chi connectivity index (χ0n) is 4.55. The molecule has 1 heterocycles. The van der Waals surface area contributed by atoms with E-state index in [0.29, 0.717) is 5.06 Å². The van der Waals surface area contributed by atoms with Crippen LogP contribution in [-0.4, -0.2) is 11.4 Å². The molecule has 0 N–H and O–H groups in total. The maximum atomic E-state index is 11.4. The predicted molar refractivity (Wildman–Crippen MR) is 29.0 cm³/mol. The van der Waals surface area contributed by atoms with Crippen molar-refractivity contribution in [1.82, 2.24) is 5.06 Å². The van der Waals surface area contributed by atoms with Crippen LogP contribution in [0.15, 0.2) is 11.6 Å². The highest BCUT2D eigenvalue weighted by Gasteiger charge is 2.33. The molecule has 1 aliphatic rings. The van der Waals surface area contributed by atoms with Gasteiger partial charge in [0, 0.05) is 6.20 Å². The summed E-state index contributed by atoms with van der Waals surface area (Å²) < 4.78 is 34.1. The van der Waals surface area contributed by atoms with E-state index in [1.807, 2.05) is 0 Å². The van der Waals surface area contributed by atoms with Crippen LogP contribution < -0.4 is 0 Å². The van der Waals surface area contributed by atoms with Crippen LogP contribution in [0, 0.1) is 5.88 Å². The summed E-state index contributed by atoms with van der Waals surface area (Å²) in [6, 6.07) is 0. The molecule has 0 saturated heterocycles. The van der Waals surface area contributed by atoms with Gasteiger partial charge in [0.05, 0.1) is 0 Å². The van der Waals surface area contributed by atoms with Crippen molar-refractivity contribution in [1.29, 1.82) is 0 Å². The van der Waals surface area contributed by atoms with Crippen LogP contribution in [0.2, 0.25) is 0 Å². The lowest BCUT2D eigenvalue weighted by Crippen LogP contribution is -2.23. The van der Waals surface area contributed by atoms with Crippen LogP contribution in [0.5, 0.6) is 0 Å². The average molecular weight is 169 g/mol. The maximum Gasteiger partial charge on any atom is 0.544 e. The molecule has 56 valence electrons. The zero-order chi connectivity index (χ0) is 7.61. The minimum atomic E-state index is -4.64. The molecule has 0 aromatic rings. The topological polar surface area (TPSA) is 12.5 Å². The van der Waals surface area contributed by atoms with Crippen molar-refractivity contribution < 1.29 is 18.0 Å². The number of rotatable bonds is 1. The van der Waals surface area contributed by atoms with Gasteiger partial charge in [-0.15, -0.1) is 13.2 Å². The second kappa shape index (κ2) is 2.71. The summed E-state index contributed by atoms with van der Waals surface area (Å²) in [6.07, 6.45) is -3.51. The van der Waals surface area contributed by atoms with Crippen LogP contribution in [0.1, 0.15) is 0 Å². The van der Waals surface area contributed by atoms with E-state index >= 15 is 0 Å². The molecule has 0 aromatic carbocycles. The number of hydroxylamine groups is 2. The number of nitrogens with zero attached hydrogens (tertiary/aromatic N) is 1. The number of halogens is 3. The molecule has 0 spiro atoms. The standard InChI is InChI=1S/C4H2F3NOS/c5-4(6,7)9-8-1-2-10-3-8/h1-2H. The normalized spacial score (nSPS) is 18.5. The van der Waals surface area contributed by atoms with E-state index in [1.54, 1.807) is 0 Å². The lowest BCUT2D eigenvalue weighted by atomic mass is 11.0. The molecule has 0 aromatic heterocycles. The summed E-state index contributed by atoms with van der Waals surface area (Å²) >= 11 is 0.993. The van der Waals surface area contributed by atoms with Crippen molar-refractivity contribution in [3.63, 3.8) is 0 Å². The Morgan fingerprint density at radius 2 is 2.20 bits per heavy atom. The molecule has 1 aliphatic heterocycles. The van der Waals surface area contributed by atoms with Gasteiger partial charge in [-0.3, -0.25) is 0 Å². The van der Waals surface area contributed by atoms with Crippen molar-refractivity contribution in [2.45, 2.75) is 6.36 Å². The van der Waals surface area contributed by atoms with Crippen LogP contribution in [0.25, 0.3) is 0 Å². The molecule has 6 heteroatoms. The monoisotopic (exact) mass is 169 g/mol. The molecule has 0 amide bonds. The highest BCUT2D eigenvalue weighted by atomic mass is 32.2. The summed E-state index contributed by atoms with van der Waals surface area (Å²) in [7, 11) is 0. The minimum Gasteiger partial charge on any atom is -0.229 e. The zero-order valence-corrected chi connectivity index (χ0v) is 5.37. The third-order valence-corrected chi connectivity index (χ3v) is 1.15. The largest absolute Gasteiger partial charge is 0.544 e. The van der Waals surface area contributed by atoms with E-state index < -0.39 is 6.36 Å². The fourth-order valence-electron chi connectivity index (χ4n) is 0.359. The maximum absolute atomic E-state index is 11.4. The van der Waals surface area contributed by atoms with Gasteiger partial charge in [0.15, 0.2) is 5.88 Å². The smallest absolute Gasteiger partial charge is 0.229 e. The summed E-state index contributed by atoms with van der Waals surface area (Å²) in [6.45, 7) is 0. The fourth-order valence-corrected chi connectivity index (χ4v) is 0.793. The van der Waals surface area contributed by atoms with E-state index in [4.69, 9.17) is 0 Å². The number of thioether (sulfide) groups is 1. The second-order valence-electron chi connectivity index (χ2n) is 1.36. The van der Waals surface area contributed by atoms with Gasteiger partial charge in [-0.2, -0.15) is 4.84 Å². The Morgan fingerprint density at radius 3 is 2.60 bits per heavy atom. The van der Waals surface area contributed by atoms with Gasteiger partial charge in [0.25, 0.3) is 0 Å². The second-order valence-corrected chi connectivity index (χ2v) is 2.05. The first kappa shape index (κ1) is 7.74. The Labute approximate surface area is 59.6 Å². The molecule has 1 rings (SSSR count). The summed E-state index contributed by atoms with van der Waals surface area (Å²) in [5, 5.41) is 1.90. The molecule has 0 saturated carbocycles. The van der Waals surface area contributed by atoms with Crippen molar-refractivity contribution in [2.75, 3.05) is 0 Å². The molecule has 2 nitrogen and oxygen atoms in total. The minimum absolute atomic E-state index is 0.477. The van der Waals surface area contributed by atoms with E-state index in [1.165, 1.54) is 5.41 Å². The predicted octanol–water partition coefficient (Wildman–Crippen LogP) is 1.95. The quantitative estimate of drug-likeness (QED) is 0.595. The van der Waals surface area contributed by atoms with Crippen molar-refractivity contribution in [3.8, 4) is 0 Å². The van der Waals surface area contributed by atoms with Crippen LogP contribution in [-0.2, 0) is 4.84 Å². The lowest BCUT2D eigenvalue weighted by molar-refractivity contribution is -0.392. The van der Waals surface area contributed by atoms with E-state index in [2.05, 4.69) is 10.7 Å². The molecule has 0 atom stereocenters. The van der Waals surface area contributed by atoms with Gasteiger partial charge in [-0.05, 0) is 5.41 Å². The first-order valence-electron chi connectivity index (χ1n) is 2.21. The SMILES string of the molecule is FC(F)(F)ON1[C]SC=C1. The molecule has 0 aliphatic carbocycles. The molecule has 2 radical (unpaired) electrons. The van der Waals surface area contributed by atoms with Crippen molar-refractivity contribution in [3.05, 3.63) is 17.5 Å². The first-order chi connectivity index (χ1) is 4.58. The number of hydrogen-bond acceptors (Lipinski definition) is 3. The summed E-state index contributed by atoms with van der Waals surface area (Å²) in [5.74, 6) is 2.21. The van der Waals surface area contributed by atoms with Crippen molar-refractivity contribution in [2.24, 2.45) is 0 Å². The molecular weight excluding hydrogens is 167 g/mol. The average Bonchev–Trinajstić information content (AvgIpc) is 2.12. The van der Waals surface area contributed by atoms with Crippen LogP contribution in [0.3, 0.4) is 0 Å². The summed E-state index contributed by atoms with van der Waals surface area (Å²) in [4.78, 5) is 3.41. The Hall–Kier alpha value is -0.360. The van der Waals surface area contributed by atoms with Gasteiger partial charge < -0.3 is 0 Å². The Morgan fingerprint density at radius 1 is 1.50 bits per heavy atom. The summed E-state index contributed by atoms with van der Waals surface area (Å²) in [5.41, 5.74) is 0. The number of hydrogen-bond donors (Lipinski definition) is 0. The van der Waals surface area contributed by atoms with Crippen molar-refractivity contribution >= 4 is 11.8 Å². The Kier molecular flexibility index (Phi) is 2.10. The Balaban J connectivity index is 2.31. The van der Waals surface area contributed by atoms with Gasteiger partial charge >= 0.3 is 6.36 Å². The van der Waals surface area contributed by atoms with Crippen LogP contribution in [0.4, 0.5) is 13.2 Å². The molecular formula is C4H2F3NOS. The van der Waals surface area contributed by atoms with Crippen LogP contribution >= 0.6 is 11.8 Å². The van der Waals surface area contributed by atoms with Gasteiger partial charge in [-0.1, -0.05) is 11.8 Å². The number of alkyl halides is 3. The lowest BCUT2D eigenvalue weighted by Gasteiger charge is -2.13. The van der Waals surface area contributed by atoms with E-state index in [9.17, 15) is 13.2 Å². The van der Waals surface area contributed by atoms with Gasteiger partial charge in [0.2, 0.25) is 0 Å². The van der Waals surface area contributed by atoms with Gasteiger partial charge in [-0.25, -0.2) is 5.06 Å². The van der Waals surface area contributed by atoms with E-state index in [0.717, 1.165) is 18.0 Å². The molecule has 0 bridgehead atoms. The third-order valence-electron chi connectivity index (χ3n) is 0.609. The molecule has 0 fully saturated rings.